The summed E-state index contributed by atoms with van der Waals surface area (Å²) in [4.78, 5) is 30.5. The molecule has 5 rings (SSSR count). The van der Waals surface area contributed by atoms with Crippen molar-refractivity contribution in [1.82, 2.24) is 9.55 Å². The highest BCUT2D eigenvalue weighted by atomic mass is 16.5. The molecule has 0 spiro atoms. The van der Waals surface area contributed by atoms with E-state index in [2.05, 4.69) is 24.0 Å². The summed E-state index contributed by atoms with van der Waals surface area (Å²) in [7, 11) is 2.95. The number of carbonyl (C=O) groups excluding carboxylic acids is 2. The predicted octanol–water partition coefficient (Wildman–Crippen LogP) is 6.40. The molecule has 6 heteroatoms. The zero-order chi connectivity index (χ0) is 26.8. The molecule has 0 saturated heterocycles. The maximum absolute atomic E-state index is 13.8. The number of benzene rings is 3. The smallest absolute Gasteiger partial charge is 0.310 e. The second kappa shape index (κ2) is 10.3. The van der Waals surface area contributed by atoms with E-state index in [0.29, 0.717) is 22.5 Å². The number of hydrogen-bond acceptors (Lipinski definition) is 5. The SMILES string of the molecule is COC(=O)Cc1c(C)n(C(=O)c2ccc(-c3cccc(C)c3-c3ccccn3)cc2)c2ccc(OC)cc12. The van der Waals surface area contributed by atoms with Crippen molar-refractivity contribution < 1.29 is 19.1 Å². The normalized spacial score (nSPS) is 10.9. The van der Waals surface area contributed by atoms with Crippen molar-refractivity contribution in [3.05, 3.63) is 107 Å². The van der Waals surface area contributed by atoms with Gasteiger partial charge < -0.3 is 9.47 Å². The van der Waals surface area contributed by atoms with Gasteiger partial charge in [0, 0.05) is 28.4 Å². The summed E-state index contributed by atoms with van der Waals surface area (Å²) in [5, 5.41) is 0.789. The number of esters is 1. The summed E-state index contributed by atoms with van der Waals surface area (Å²) in [5.74, 6) is 0.114. The Morgan fingerprint density at radius 1 is 0.895 bits per heavy atom. The summed E-state index contributed by atoms with van der Waals surface area (Å²) < 4.78 is 12.0. The number of aromatic nitrogens is 2. The Morgan fingerprint density at radius 3 is 2.37 bits per heavy atom. The predicted molar refractivity (Wildman–Crippen MR) is 149 cm³/mol. The third kappa shape index (κ3) is 4.45. The van der Waals surface area contributed by atoms with Gasteiger partial charge in [0.15, 0.2) is 0 Å². The van der Waals surface area contributed by atoms with Crippen LogP contribution in [0, 0.1) is 13.8 Å². The topological polar surface area (TPSA) is 70.4 Å². The Kier molecular flexibility index (Phi) is 6.79. The molecule has 0 amide bonds. The molecule has 0 radical (unpaired) electrons. The Labute approximate surface area is 221 Å². The number of nitrogens with zero attached hydrogens (tertiary/aromatic N) is 2. The standard InChI is InChI=1S/C32H28N2O4/c1-20-8-7-9-25(31(20)28-10-5-6-17-33-28)22-11-13-23(14-12-22)32(36)34-21(2)26(19-30(35)38-4)27-18-24(37-3)15-16-29(27)34/h5-18H,19H2,1-4H3. The van der Waals surface area contributed by atoms with Gasteiger partial charge in [0.05, 0.1) is 31.9 Å². The lowest BCUT2D eigenvalue weighted by molar-refractivity contribution is -0.139. The van der Waals surface area contributed by atoms with E-state index in [9.17, 15) is 9.59 Å². The van der Waals surface area contributed by atoms with Gasteiger partial charge in [0.25, 0.3) is 5.91 Å². The van der Waals surface area contributed by atoms with E-state index in [1.807, 2.05) is 73.7 Å². The minimum Gasteiger partial charge on any atom is -0.497 e. The van der Waals surface area contributed by atoms with Crippen molar-refractivity contribution in [1.29, 1.82) is 0 Å². The Bertz CT molecular complexity index is 1650. The molecule has 6 nitrogen and oxygen atoms in total. The third-order valence-corrected chi connectivity index (χ3v) is 6.93. The lowest BCUT2D eigenvalue weighted by Crippen LogP contribution is -2.14. The average molecular weight is 505 g/mol. The van der Waals surface area contributed by atoms with Gasteiger partial charge in [-0.1, -0.05) is 36.4 Å². The number of methoxy groups -OCH3 is 2. The van der Waals surface area contributed by atoms with Gasteiger partial charge >= 0.3 is 5.97 Å². The zero-order valence-electron chi connectivity index (χ0n) is 21.8. The number of carbonyl (C=O) groups is 2. The van der Waals surface area contributed by atoms with Gasteiger partial charge in [-0.25, -0.2) is 0 Å². The van der Waals surface area contributed by atoms with Gasteiger partial charge in [-0.05, 0) is 78.6 Å². The molecule has 0 unspecified atom stereocenters. The third-order valence-electron chi connectivity index (χ3n) is 6.93. The Hall–Kier alpha value is -4.71. The number of aryl methyl sites for hydroxylation is 1. The van der Waals surface area contributed by atoms with E-state index < -0.39 is 0 Å². The van der Waals surface area contributed by atoms with Gasteiger partial charge in [-0.15, -0.1) is 0 Å². The summed E-state index contributed by atoms with van der Waals surface area (Å²) in [6, 6.07) is 25.2. The Morgan fingerprint density at radius 2 is 1.68 bits per heavy atom. The van der Waals surface area contributed by atoms with E-state index in [1.165, 1.54) is 7.11 Å². The number of pyridine rings is 1. The molecule has 0 bridgehead atoms. The fourth-order valence-corrected chi connectivity index (χ4v) is 4.97. The van der Waals surface area contributed by atoms with Crippen LogP contribution in [0.3, 0.4) is 0 Å². The van der Waals surface area contributed by atoms with Crippen LogP contribution in [0.2, 0.25) is 0 Å². The van der Waals surface area contributed by atoms with Crippen LogP contribution in [0.5, 0.6) is 5.75 Å². The highest BCUT2D eigenvalue weighted by Crippen LogP contribution is 2.35. The summed E-state index contributed by atoms with van der Waals surface area (Å²) in [6.45, 7) is 3.93. The van der Waals surface area contributed by atoms with Gasteiger partial charge in [0.1, 0.15) is 5.75 Å². The van der Waals surface area contributed by atoms with Crippen LogP contribution in [-0.4, -0.2) is 35.6 Å². The largest absolute Gasteiger partial charge is 0.497 e. The van der Waals surface area contributed by atoms with Crippen LogP contribution in [0.1, 0.15) is 27.2 Å². The number of rotatable bonds is 6. The lowest BCUT2D eigenvalue weighted by atomic mass is 9.93. The van der Waals surface area contributed by atoms with E-state index in [-0.39, 0.29) is 18.3 Å². The minimum absolute atomic E-state index is 0.0644. The van der Waals surface area contributed by atoms with Crippen molar-refractivity contribution in [3.8, 4) is 28.1 Å². The Balaban J connectivity index is 1.57. The fraction of sp³-hybridized carbons (Fsp3) is 0.156. The van der Waals surface area contributed by atoms with Crippen LogP contribution in [0.15, 0.2) is 85.1 Å². The van der Waals surface area contributed by atoms with E-state index >= 15 is 0 Å². The monoisotopic (exact) mass is 504 g/mol. The van der Waals surface area contributed by atoms with E-state index in [4.69, 9.17) is 9.47 Å². The van der Waals surface area contributed by atoms with Gasteiger partial charge in [-0.2, -0.15) is 0 Å². The van der Waals surface area contributed by atoms with E-state index in [1.54, 1.807) is 17.9 Å². The first-order chi connectivity index (χ1) is 18.4. The van der Waals surface area contributed by atoms with Crippen molar-refractivity contribution >= 4 is 22.8 Å². The first-order valence-electron chi connectivity index (χ1n) is 12.3. The quantitative estimate of drug-likeness (QED) is 0.250. The maximum atomic E-state index is 13.8. The zero-order valence-corrected chi connectivity index (χ0v) is 21.8. The first-order valence-corrected chi connectivity index (χ1v) is 12.3. The van der Waals surface area contributed by atoms with Crippen molar-refractivity contribution in [2.45, 2.75) is 20.3 Å². The molecule has 190 valence electrons. The average Bonchev–Trinajstić information content (AvgIpc) is 3.22. The molecule has 0 fully saturated rings. The fourth-order valence-electron chi connectivity index (χ4n) is 4.97. The minimum atomic E-state index is -0.367. The summed E-state index contributed by atoms with van der Waals surface area (Å²) in [5.41, 5.74) is 7.86. The number of ether oxygens (including phenoxy) is 2. The molecular weight excluding hydrogens is 476 g/mol. The maximum Gasteiger partial charge on any atom is 0.310 e. The highest BCUT2D eigenvalue weighted by molar-refractivity contribution is 6.05. The van der Waals surface area contributed by atoms with E-state index in [0.717, 1.165) is 38.9 Å². The molecule has 2 aromatic heterocycles. The van der Waals surface area contributed by atoms with Crippen molar-refractivity contribution in [2.75, 3.05) is 14.2 Å². The van der Waals surface area contributed by atoms with Crippen LogP contribution in [0.25, 0.3) is 33.3 Å². The molecule has 0 N–H and O–H groups in total. The molecule has 0 aliphatic heterocycles. The van der Waals surface area contributed by atoms with Gasteiger partial charge in [-0.3, -0.25) is 19.1 Å². The molecule has 0 saturated carbocycles. The number of hydrogen-bond donors (Lipinski definition) is 0. The van der Waals surface area contributed by atoms with Crippen LogP contribution >= 0.6 is 0 Å². The molecule has 3 aromatic carbocycles. The molecule has 38 heavy (non-hydrogen) atoms. The number of fused-ring (bicyclic) bond motifs is 1. The molecule has 0 aliphatic carbocycles. The summed E-state index contributed by atoms with van der Waals surface area (Å²) in [6.07, 6.45) is 1.86. The second-order valence-electron chi connectivity index (χ2n) is 9.13. The summed E-state index contributed by atoms with van der Waals surface area (Å²) >= 11 is 0. The lowest BCUT2D eigenvalue weighted by Gasteiger charge is -2.13. The molecule has 5 aromatic rings. The highest BCUT2D eigenvalue weighted by Gasteiger charge is 2.22. The molecule has 0 atom stereocenters. The van der Waals surface area contributed by atoms with Crippen molar-refractivity contribution in [3.63, 3.8) is 0 Å². The van der Waals surface area contributed by atoms with Crippen LogP contribution < -0.4 is 4.74 Å². The molecular formula is C32H28N2O4. The van der Waals surface area contributed by atoms with Gasteiger partial charge in [0.2, 0.25) is 0 Å². The molecule has 0 aliphatic rings. The molecule has 2 heterocycles. The van der Waals surface area contributed by atoms with Crippen LogP contribution in [-0.2, 0) is 16.0 Å². The first kappa shape index (κ1) is 25.0. The van der Waals surface area contributed by atoms with Crippen LogP contribution in [0.4, 0.5) is 0 Å². The second-order valence-corrected chi connectivity index (χ2v) is 9.13. The van der Waals surface area contributed by atoms with Crippen molar-refractivity contribution in [2.24, 2.45) is 0 Å².